The zero-order valence-electron chi connectivity index (χ0n) is 11.2. The van der Waals surface area contributed by atoms with Crippen LogP contribution in [0, 0.1) is 0 Å². The highest BCUT2D eigenvalue weighted by atomic mass is 79.9. The number of nitrogens with two attached hydrogens (primary N) is 1. The van der Waals surface area contributed by atoms with Crippen molar-refractivity contribution in [1.29, 1.82) is 0 Å². The Labute approximate surface area is 131 Å². The summed E-state index contributed by atoms with van der Waals surface area (Å²) < 4.78 is 1.16. The van der Waals surface area contributed by atoms with Crippen LogP contribution in [-0.4, -0.2) is 11.5 Å². The number of rotatable bonds is 5. The zero-order valence-corrected chi connectivity index (χ0v) is 13.6. The van der Waals surface area contributed by atoms with Gasteiger partial charge in [0, 0.05) is 15.4 Å². The molecule has 20 heavy (non-hydrogen) atoms. The van der Waals surface area contributed by atoms with Gasteiger partial charge in [-0.05, 0) is 64.8 Å². The smallest absolute Gasteiger partial charge is 0.0650 e. The SMILES string of the molecule is NCCCCc1c(-c2sccc2Br)[nH]c2ccccc12. The lowest BCUT2D eigenvalue weighted by Gasteiger charge is -2.04. The summed E-state index contributed by atoms with van der Waals surface area (Å²) in [5.74, 6) is 0. The highest BCUT2D eigenvalue weighted by Crippen LogP contribution is 2.38. The van der Waals surface area contributed by atoms with Crippen LogP contribution in [0.2, 0.25) is 0 Å². The average molecular weight is 349 g/mol. The number of hydrogen-bond acceptors (Lipinski definition) is 2. The molecule has 0 aliphatic heterocycles. The maximum absolute atomic E-state index is 5.62. The van der Waals surface area contributed by atoms with Crippen molar-refractivity contribution in [3.63, 3.8) is 0 Å². The first kappa shape index (κ1) is 13.9. The highest BCUT2D eigenvalue weighted by Gasteiger charge is 2.15. The highest BCUT2D eigenvalue weighted by molar-refractivity contribution is 9.10. The Morgan fingerprint density at radius 3 is 2.75 bits per heavy atom. The first-order valence-corrected chi connectivity index (χ1v) is 8.51. The van der Waals surface area contributed by atoms with Crippen LogP contribution in [0.3, 0.4) is 0 Å². The van der Waals surface area contributed by atoms with Crippen molar-refractivity contribution in [2.24, 2.45) is 5.73 Å². The standard InChI is InChI=1S/C16H17BrN2S/c17-13-8-10-20-16(13)15-12(6-3-4-9-18)11-5-1-2-7-14(11)19-15/h1-2,5,7-8,10,19H,3-4,6,9,18H2. The van der Waals surface area contributed by atoms with E-state index in [1.54, 1.807) is 11.3 Å². The number of aromatic nitrogens is 1. The molecule has 3 rings (SSSR count). The lowest BCUT2D eigenvalue weighted by atomic mass is 10.0. The van der Waals surface area contributed by atoms with E-state index in [9.17, 15) is 0 Å². The molecule has 0 atom stereocenters. The van der Waals surface area contributed by atoms with Crippen LogP contribution in [0.4, 0.5) is 0 Å². The second-order valence-corrected chi connectivity index (χ2v) is 6.64. The number of fused-ring (bicyclic) bond motifs is 1. The van der Waals surface area contributed by atoms with Crippen molar-refractivity contribution < 1.29 is 0 Å². The van der Waals surface area contributed by atoms with E-state index in [-0.39, 0.29) is 0 Å². The number of para-hydroxylation sites is 1. The minimum Gasteiger partial charge on any atom is -0.354 e. The number of H-pyrrole nitrogens is 1. The van der Waals surface area contributed by atoms with E-state index in [0.717, 1.165) is 30.3 Å². The number of aryl methyl sites for hydroxylation is 1. The van der Waals surface area contributed by atoms with E-state index in [1.165, 1.54) is 27.0 Å². The lowest BCUT2D eigenvalue weighted by molar-refractivity contribution is 0.748. The third kappa shape index (κ3) is 2.55. The molecule has 0 radical (unpaired) electrons. The van der Waals surface area contributed by atoms with Gasteiger partial charge in [-0.25, -0.2) is 0 Å². The molecule has 3 aromatic rings. The number of nitrogens with one attached hydrogen (secondary N) is 1. The number of benzene rings is 1. The Morgan fingerprint density at radius 2 is 2.00 bits per heavy atom. The number of hydrogen-bond donors (Lipinski definition) is 2. The summed E-state index contributed by atoms with van der Waals surface area (Å²) >= 11 is 5.42. The minimum atomic E-state index is 0.764. The van der Waals surface area contributed by atoms with Crippen LogP contribution >= 0.6 is 27.3 Å². The van der Waals surface area contributed by atoms with Crippen LogP contribution in [0.5, 0.6) is 0 Å². The predicted molar refractivity (Wildman–Crippen MR) is 91.3 cm³/mol. The van der Waals surface area contributed by atoms with Gasteiger partial charge >= 0.3 is 0 Å². The fraction of sp³-hybridized carbons (Fsp3) is 0.250. The molecule has 0 fully saturated rings. The van der Waals surface area contributed by atoms with Gasteiger partial charge < -0.3 is 10.7 Å². The molecule has 104 valence electrons. The average Bonchev–Trinajstić information content (AvgIpc) is 3.03. The minimum absolute atomic E-state index is 0.764. The van der Waals surface area contributed by atoms with Gasteiger partial charge in [0.25, 0.3) is 0 Å². The molecular weight excluding hydrogens is 332 g/mol. The largest absolute Gasteiger partial charge is 0.354 e. The van der Waals surface area contributed by atoms with Crippen molar-refractivity contribution >= 4 is 38.2 Å². The van der Waals surface area contributed by atoms with Gasteiger partial charge in [0.1, 0.15) is 0 Å². The third-order valence-electron chi connectivity index (χ3n) is 3.54. The van der Waals surface area contributed by atoms with E-state index in [4.69, 9.17) is 5.73 Å². The van der Waals surface area contributed by atoms with Crippen LogP contribution < -0.4 is 5.73 Å². The van der Waals surface area contributed by atoms with E-state index >= 15 is 0 Å². The summed E-state index contributed by atoms with van der Waals surface area (Å²) in [4.78, 5) is 4.86. The Kier molecular flexibility index (Phi) is 4.24. The molecule has 3 N–H and O–H groups in total. The quantitative estimate of drug-likeness (QED) is 0.630. The Hall–Kier alpha value is -1.10. The summed E-state index contributed by atoms with van der Waals surface area (Å²) in [5, 5.41) is 3.45. The zero-order chi connectivity index (χ0) is 13.9. The van der Waals surface area contributed by atoms with Crippen molar-refractivity contribution in [3.05, 3.63) is 45.7 Å². The van der Waals surface area contributed by atoms with Gasteiger partial charge in [-0.3, -0.25) is 0 Å². The van der Waals surface area contributed by atoms with Gasteiger partial charge in [-0.15, -0.1) is 11.3 Å². The fourth-order valence-corrected chi connectivity index (χ4v) is 4.17. The monoisotopic (exact) mass is 348 g/mol. The van der Waals surface area contributed by atoms with Gasteiger partial charge in [0.05, 0.1) is 10.6 Å². The number of thiophene rings is 1. The topological polar surface area (TPSA) is 41.8 Å². The fourth-order valence-electron chi connectivity index (χ4n) is 2.57. The summed E-state index contributed by atoms with van der Waals surface area (Å²) in [6.07, 6.45) is 3.28. The summed E-state index contributed by atoms with van der Waals surface area (Å²) in [7, 11) is 0. The molecule has 0 aliphatic carbocycles. The summed E-state index contributed by atoms with van der Waals surface area (Å²) in [6.45, 7) is 0.764. The first-order valence-electron chi connectivity index (χ1n) is 6.84. The van der Waals surface area contributed by atoms with E-state index in [0.29, 0.717) is 0 Å². The molecule has 2 heterocycles. The van der Waals surface area contributed by atoms with Crippen LogP contribution in [0.15, 0.2) is 40.2 Å². The second-order valence-electron chi connectivity index (χ2n) is 4.87. The molecule has 0 unspecified atom stereocenters. The van der Waals surface area contributed by atoms with E-state index in [1.807, 2.05) is 0 Å². The molecule has 0 amide bonds. The van der Waals surface area contributed by atoms with Crippen LogP contribution in [-0.2, 0) is 6.42 Å². The van der Waals surface area contributed by atoms with E-state index in [2.05, 4.69) is 56.6 Å². The molecule has 0 spiro atoms. The third-order valence-corrected chi connectivity index (χ3v) is 5.39. The second kappa shape index (κ2) is 6.12. The van der Waals surface area contributed by atoms with Crippen molar-refractivity contribution in [3.8, 4) is 10.6 Å². The molecule has 0 bridgehead atoms. The Balaban J connectivity index is 2.10. The van der Waals surface area contributed by atoms with E-state index < -0.39 is 0 Å². The van der Waals surface area contributed by atoms with Crippen LogP contribution in [0.25, 0.3) is 21.5 Å². The van der Waals surface area contributed by atoms with Gasteiger partial charge in [-0.1, -0.05) is 18.2 Å². The molecule has 0 saturated carbocycles. The van der Waals surface area contributed by atoms with Crippen molar-refractivity contribution in [1.82, 2.24) is 4.98 Å². The molecule has 2 aromatic heterocycles. The summed E-state index contributed by atoms with van der Waals surface area (Å²) in [5.41, 5.74) is 9.51. The number of aromatic amines is 1. The summed E-state index contributed by atoms with van der Waals surface area (Å²) in [6, 6.07) is 10.6. The molecule has 0 saturated heterocycles. The maximum Gasteiger partial charge on any atom is 0.0650 e. The van der Waals surface area contributed by atoms with Crippen molar-refractivity contribution in [2.45, 2.75) is 19.3 Å². The van der Waals surface area contributed by atoms with Crippen LogP contribution in [0.1, 0.15) is 18.4 Å². The number of unbranched alkanes of at least 4 members (excludes halogenated alkanes) is 1. The molecular formula is C16H17BrN2S. The maximum atomic E-state index is 5.62. The Morgan fingerprint density at radius 1 is 1.15 bits per heavy atom. The normalized spacial score (nSPS) is 11.3. The van der Waals surface area contributed by atoms with Gasteiger partial charge in [-0.2, -0.15) is 0 Å². The van der Waals surface area contributed by atoms with Crippen molar-refractivity contribution in [2.75, 3.05) is 6.54 Å². The molecule has 4 heteroatoms. The Bertz CT molecular complexity index is 714. The van der Waals surface area contributed by atoms with Gasteiger partial charge in [0.15, 0.2) is 0 Å². The molecule has 1 aromatic carbocycles. The molecule has 2 nitrogen and oxygen atoms in total. The predicted octanol–water partition coefficient (Wildman–Crippen LogP) is 4.94. The first-order chi connectivity index (χ1) is 9.81. The molecule has 0 aliphatic rings. The number of halogens is 1. The lowest BCUT2D eigenvalue weighted by Crippen LogP contribution is -1.99. The van der Waals surface area contributed by atoms with Gasteiger partial charge in [0.2, 0.25) is 0 Å².